The smallest absolute Gasteiger partial charge is 0.407 e. The number of thioether (sulfide) groups is 1. The van der Waals surface area contributed by atoms with E-state index in [2.05, 4.69) is 20.3 Å². The minimum absolute atomic E-state index is 0.0620. The molecule has 0 saturated carbocycles. The number of carboxylic acids is 1. The van der Waals surface area contributed by atoms with Gasteiger partial charge in [-0.3, -0.25) is 9.59 Å². The fourth-order valence-electron chi connectivity index (χ4n) is 4.15. The first-order chi connectivity index (χ1) is 18.7. The fraction of sp³-hybridized carbons (Fsp3) is 0.217. The molecule has 2 aliphatic rings. The molecular formula is C23H18F2N6O5S3. The highest BCUT2D eigenvalue weighted by Gasteiger charge is 2.52. The van der Waals surface area contributed by atoms with E-state index in [-0.39, 0.29) is 22.3 Å². The summed E-state index contributed by atoms with van der Waals surface area (Å²) in [4.78, 5) is 48.1. The highest BCUT2D eigenvalue weighted by atomic mass is 32.2. The highest BCUT2D eigenvalue weighted by molar-refractivity contribution is 8.03. The zero-order chi connectivity index (χ0) is 27.7. The van der Waals surface area contributed by atoms with Crippen LogP contribution in [0.25, 0.3) is 10.2 Å². The van der Waals surface area contributed by atoms with Crippen LogP contribution in [-0.2, 0) is 25.8 Å². The zero-order valence-electron chi connectivity index (χ0n) is 19.7. The van der Waals surface area contributed by atoms with Crippen LogP contribution in [0.2, 0.25) is 0 Å². The summed E-state index contributed by atoms with van der Waals surface area (Å²) in [7, 11) is 0. The summed E-state index contributed by atoms with van der Waals surface area (Å²) in [5.74, 6) is -2.97. The lowest BCUT2D eigenvalue weighted by atomic mass is 9.94. The van der Waals surface area contributed by atoms with Gasteiger partial charge in [0.25, 0.3) is 16.6 Å². The van der Waals surface area contributed by atoms with Crippen molar-refractivity contribution in [2.24, 2.45) is 5.16 Å². The van der Waals surface area contributed by atoms with Gasteiger partial charge >= 0.3 is 6.61 Å². The van der Waals surface area contributed by atoms with Crippen LogP contribution in [0.3, 0.4) is 0 Å². The molecule has 3 aromatic heterocycles. The van der Waals surface area contributed by atoms with E-state index in [1.54, 1.807) is 23.5 Å². The number of hydrogen-bond acceptors (Lipinski definition) is 11. The van der Waals surface area contributed by atoms with E-state index in [0.29, 0.717) is 11.4 Å². The number of halogens is 2. The predicted octanol–water partition coefficient (Wildman–Crippen LogP) is 0.831. The molecule has 5 rings (SSSR count). The Kier molecular flexibility index (Phi) is 7.58. The largest absolute Gasteiger partial charge is 0.543 e. The maximum atomic E-state index is 13.0. The normalized spacial score (nSPS) is 19.5. The van der Waals surface area contributed by atoms with Crippen LogP contribution in [-0.4, -0.2) is 57.8 Å². The Labute approximate surface area is 231 Å². The summed E-state index contributed by atoms with van der Waals surface area (Å²) >= 11 is 3.73. The number of nitrogen functional groups attached to an aromatic ring is 1. The molecule has 0 radical (unpaired) electrons. The molecule has 39 heavy (non-hydrogen) atoms. The van der Waals surface area contributed by atoms with Crippen molar-refractivity contribution in [3.63, 3.8) is 0 Å². The number of pyridine rings is 1. The lowest BCUT2D eigenvalue weighted by Crippen LogP contribution is -2.73. The van der Waals surface area contributed by atoms with Crippen molar-refractivity contribution >= 4 is 73.3 Å². The lowest BCUT2D eigenvalue weighted by molar-refractivity contribution is -0.658. The van der Waals surface area contributed by atoms with Crippen LogP contribution in [0, 0.1) is 0 Å². The van der Waals surface area contributed by atoms with E-state index >= 15 is 0 Å². The second-order valence-corrected chi connectivity index (χ2v) is 11.0. The first-order valence-electron chi connectivity index (χ1n) is 11.2. The van der Waals surface area contributed by atoms with Crippen LogP contribution in [0.1, 0.15) is 5.69 Å². The van der Waals surface area contributed by atoms with Crippen molar-refractivity contribution in [2.45, 2.75) is 25.2 Å². The minimum Gasteiger partial charge on any atom is -0.543 e. The standard InChI is InChI=1S/C23H18F2N6O5S3/c24-22(25)36-29-15(12-9-39-23(26)27-12)18(32)28-16-13-10-38-14(17(21(34)35)31(13)19(16)33)4-2-7-30-6-1-3-11-5-8-37-20(11)30/h1-6,8-9,13,16,22H,7,10H2,(H3-,26,27,28,32,34,35)/b4-2+,29-15?/t13-,16+/m1/s1. The van der Waals surface area contributed by atoms with Crippen molar-refractivity contribution in [3.8, 4) is 0 Å². The number of nitrogens with two attached hydrogens (primary N) is 1. The number of aliphatic carboxylic acids is 1. The Morgan fingerprint density at radius 2 is 2.21 bits per heavy atom. The van der Waals surface area contributed by atoms with Gasteiger partial charge in [-0.1, -0.05) is 16.5 Å². The van der Waals surface area contributed by atoms with Crippen molar-refractivity contribution in [2.75, 3.05) is 11.5 Å². The Morgan fingerprint density at radius 1 is 1.38 bits per heavy atom. The number of carbonyl (C=O) groups excluding carboxylic acids is 3. The fourth-order valence-corrected chi connectivity index (χ4v) is 6.78. The third-order valence-electron chi connectivity index (χ3n) is 5.84. The topological polar surface area (TPSA) is 154 Å². The molecule has 3 aromatic rings. The van der Waals surface area contributed by atoms with Crippen LogP contribution in [0.4, 0.5) is 13.9 Å². The van der Waals surface area contributed by atoms with E-state index in [1.807, 2.05) is 34.3 Å². The minimum atomic E-state index is -3.29. The molecule has 11 nitrogen and oxygen atoms in total. The number of thiophene rings is 1. The number of hydrogen-bond donors (Lipinski definition) is 2. The maximum Gasteiger partial charge on any atom is 0.407 e. The van der Waals surface area contributed by atoms with Crippen molar-refractivity contribution in [3.05, 3.63) is 63.6 Å². The van der Waals surface area contributed by atoms with Gasteiger partial charge in [0.15, 0.2) is 23.6 Å². The number of aromatic nitrogens is 2. The molecule has 1 fully saturated rings. The van der Waals surface area contributed by atoms with Gasteiger partial charge in [0.2, 0.25) is 0 Å². The number of nitrogens with zero attached hydrogens (tertiary/aromatic N) is 4. The summed E-state index contributed by atoms with van der Waals surface area (Å²) in [6, 6.07) is 4.10. The lowest BCUT2D eigenvalue weighted by Gasteiger charge is -2.50. The van der Waals surface area contributed by atoms with Crippen LogP contribution in [0.15, 0.2) is 63.1 Å². The Hall–Kier alpha value is -3.89. The average Bonchev–Trinajstić information content (AvgIpc) is 3.56. The Bertz CT molecular complexity index is 1550. The van der Waals surface area contributed by atoms with E-state index in [1.165, 1.54) is 17.1 Å². The van der Waals surface area contributed by atoms with Gasteiger partial charge in [0.05, 0.1) is 23.1 Å². The van der Waals surface area contributed by atoms with Crippen LogP contribution >= 0.6 is 34.4 Å². The van der Waals surface area contributed by atoms with Gasteiger partial charge in [-0.25, -0.2) is 4.98 Å². The van der Waals surface area contributed by atoms with E-state index < -0.39 is 42.2 Å². The molecule has 2 amide bonds. The summed E-state index contributed by atoms with van der Waals surface area (Å²) < 4.78 is 27.1. The number of thiazole rings is 1. The number of anilines is 1. The van der Waals surface area contributed by atoms with Crippen molar-refractivity contribution in [1.82, 2.24) is 15.2 Å². The molecule has 1 saturated heterocycles. The Morgan fingerprint density at radius 3 is 2.92 bits per heavy atom. The number of carboxylic acid groups (broad SMARTS) is 1. The molecule has 0 unspecified atom stereocenters. The number of β-lactam (4-membered cyclic amide) rings is 1. The summed E-state index contributed by atoms with van der Waals surface area (Å²) in [5.41, 5.74) is 4.54. The number of rotatable bonds is 9. The van der Waals surface area contributed by atoms with Crippen LogP contribution in [0.5, 0.6) is 0 Å². The van der Waals surface area contributed by atoms with Crippen molar-refractivity contribution in [1.29, 1.82) is 0 Å². The first-order valence-corrected chi connectivity index (χ1v) is 14.0. The molecule has 2 aliphatic heterocycles. The molecule has 2 atom stereocenters. The quantitative estimate of drug-likeness (QED) is 0.160. The number of allylic oxidation sites excluding steroid dienone is 2. The van der Waals surface area contributed by atoms with Gasteiger partial charge in [0.1, 0.15) is 11.7 Å². The third kappa shape index (κ3) is 5.35. The second kappa shape index (κ2) is 11.1. The van der Waals surface area contributed by atoms with Gasteiger partial charge in [0, 0.05) is 22.1 Å². The van der Waals surface area contributed by atoms with Gasteiger partial charge in [-0.15, -0.1) is 23.1 Å². The third-order valence-corrected chi connectivity index (χ3v) is 8.62. The number of amides is 2. The molecule has 202 valence electrons. The second-order valence-electron chi connectivity index (χ2n) is 8.16. The summed E-state index contributed by atoms with van der Waals surface area (Å²) in [6.45, 7) is -2.82. The molecule has 0 aromatic carbocycles. The monoisotopic (exact) mass is 592 g/mol. The number of fused-ring (bicyclic) bond motifs is 2. The van der Waals surface area contributed by atoms with E-state index in [0.717, 1.165) is 26.5 Å². The molecule has 0 bridgehead atoms. The molecule has 0 spiro atoms. The van der Waals surface area contributed by atoms with Gasteiger partial charge in [-0.2, -0.15) is 13.3 Å². The maximum absolute atomic E-state index is 13.0. The number of oxime groups is 1. The summed E-state index contributed by atoms with van der Waals surface area (Å²) in [5, 5.41) is 22.1. The number of alkyl halides is 2. The first kappa shape index (κ1) is 26.7. The molecule has 16 heteroatoms. The van der Waals surface area contributed by atoms with Crippen molar-refractivity contribution < 1.29 is 37.7 Å². The molecule has 5 heterocycles. The summed E-state index contributed by atoms with van der Waals surface area (Å²) in [6.07, 6.45) is 5.33. The highest BCUT2D eigenvalue weighted by Crippen LogP contribution is 2.39. The average molecular weight is 593 g/mol. The SMILES string of the molecule is Nc1nc(C(=NOC(F)F)C(=O)N[C@@H]2C(=O)N3C(C(=O)[O-])=C(/C=C/C[n+]4cccc5ccsc54)SC[C@H]23)cs1. The molecular weight excluding hydrogens is 574 g/mol. The number of nitrogens with one attached hydrogen (secondary N) is 1. The van der Waals surface area contributed by atoms with Gasteiger partial charge < -0.3 is 30.7 Å². The van der Waals surface area contributed by atoms with Crippen LogP contribution < -0.4 is 20.7 Å². The predicted molar refractivity (Wildman–Crippen MR) is 138 cm³/mol. The van der Waals surface area contributed by atoms with E-state index in [9.17, 15) is 28.3 Å². The van der Waals surface area contributed by atoms with Gasteiger partial charge in [-0.05, 0) is 29.7 Å². The van der Waals surface area contributed by atoms with E-state index in [4.69, 9.17) is 5.73 Å². The molecule has 3 N–H and O–H groups in total. The zero-order valence-corrected chi connectivity index (χ0v) is 22.1. The Balaban J connectivity index is 1.32. The number of carbonyl (C=O) groups is 3. The molecule has 0 aliphatic carbocycles.